The summed E-state index contributed by atoms with van der Waals surface area (Å²) in [6.45, 7) is 4.08. The zero-order valence-electron chi connectivity index (χ0n) is 12.3. The third-order valence-electron chi connectivity index (χ3n) is 3.31. The van der Waals surface area contributed by atoms with Gasteiger partial charge in [0.1, 0.15) is 5.82 Å². The van der Waals surface area contributed by atoms with Crippen LogP contribution in [0.4, 0.5) is 4.39 Å². The van der Waals surface area contributed by atoms with Crippen molar-refractivity contribution < 1.29 is 4.39 Å². The number of nitrogens with zero attached hydrogens (tertiary/aromatic N) is 4. The molecule has 0 amide bonds. The lowest BCUT2D eigenvalue weighted by atomic mass is 10.2. The monoisotopic (exact) mass is 314 g/mol. The number of thioether (sulfide) groups is 1. The molecule has 1 heterocycles. The van der Waals surface area contributed by atoms with Crippen molar-refractivity contribution >= 4 is 11.8 Å². The Morgan fingerprint density at radius 1 is 1.14 bits per heavy atom. The lowest BCUT2D eigenvalue weighted by Crippen LogP contribution is -2.00. The number of hydrogen-bond donors (Lipinski definition) is 0. The van der Waals surface area contributed by atoms with Crippen LogP contribution in [0.3, 0.4) is 0 Å². The first kappa shape index (κ1) is 14.7. The minimum Gasteiger partial charge on any atom is -0.207 e. The topological polar surface area (TPSA) is 43.6 Å². The summed E-state index contributed by atoms with van der Waals surface area (Å²) >= 11 is 1.54. The molecule has 6 heteroatoms. The predicted molar refractivity (Wildman–Crippen MR) is 84.6 cm³/mol. The maximum absolute atomic E-state index is 13.0. The summed E-state index contributed by atoms with van der Waals surface area (Å²) in [6.07, 6.45) is 0. The molecule has 3 aromatic rings. The first-order valence-electron chi connectivity index (χ1n) is 6.91. The fourth-order valence-electron chi connectivity index (χ4n) is 2.13. The molecular formula is C16H15FN4S. The molecule has 0 aliphatic heterocycles. The molecule has 0 spiro atoms. The molecule has 112 valence electrons. The van der Waals surface area contributed by atoms with Crippen LogP contribution in [-0.4, -0.2) is 20.2 Å². The molecule has 0 saturated heterocycles. The van der Waals surface area contributed by atoms with Gasteiger partial charge in [-0.2, -0.15) is 4.68 Å². The molecule has 0 fully saturated rings. The molecule has 3 rings (SSSR count). The summed E-state index contributed by atoms with van der Waals surface area (Å²) in [6, 6.07) is 14.5. The summed E-state index contributed by atoms with van der Waals surface area (Å²) in [5.74, 6) is -0.231. The zero-order chi connectivity index (χ0) is 15.5. The van der Waals surface area contributed by atoms with Gasteiger partial charge in [-0.05, 0) is 59.7 Å². The number of aromatic nitrogens is 4. The van der Waals surface area contributed by atoms with Gasteiger partial charge in [0.25, 0.3) is 0 Å². The largest absolute Gasteiger partial charge is 0.214 e. The fourth-order valence-corrected chi connectivity index (χ4v) is 3.07. The molecule has 0 N–H and O–H groups in total. The van der Waals surface area contributed by atoms with Gasteiger partial charge in [-0.15, -0.1) is 5.10 Å². The van der Waals surface area contributed by atoms with Gasteiger partial charge in [0.2, 0.25) is 5.16 Å². The van der Waals surface area contributed by atoms with Crippen LogP contribution in [0.1, 0.15) is 23.3 Å². The van der Waals surface area contributed by atoms with Gasteiger partial charge >= 0.3 is 0 Å². The molecule has 2 aromatic carbocycles. The van der Waals surface area contributed by atoms with Crippen LogP contribution in [0.2, 0.25) is 0 Å². The fraction of sp³-hybridized carbons (Fsp3) is 0.188. The van der Waals surface area contributed by atoms with Crippen LogP contribution < -0.4 is 0 Å². The molecule has 0 saturated carbocycles. The SMILES string of the molecule is Cc1cccc(-n2nnnc2S[C@H](C)c2ccc(F)cc2)c1. The Labute approximate surface area is 132 Å². The average Bonchev–Trinajstić information content (AvgIpc) is 2.96. The van der Waals surface area contributed by atoms with E-state index in [9.17, 15) is 4.39 Å². The van der Waals surface area contributed by atoms with Crippen LogP contribution >= 0.6 is 11.8 Å². The highest BCUT2D eigenvalue weighted by Gasteiger charge is 2.14. The highest BCUT2D eigenvalue weighted by molar-refractivity contribution is 7.99. The molecule has 22 heavy (non-hydrogen) atoms. The molecule has 1 atom stereocenters. The van der Waals surface area contributed by atoms with E-state index in [2.05, 4.69) is 15.5 Å². The molecule has 0 bridgehead atoms. The van der Waals surface area contributed by atoms with E-state index >= 15 is 0 Å². The highest BCUT2D eigenvalue weighted by atomic mass is 32.2. The molecule has 1 aromatic heterocycles. The van der Waals surface area contributed by atoms with Gasteiger partial charge in [0.05, 0.1) is 5.69 Å². The van der Waals surface area contributed by atoms with Crippen molar-refractivity contribution in [1.82, 2.24) is 20.2 Å². The number of halogens is 1. The number of rotatable bonds is 4. The Morgan fingerprint density at radius 3 is 2.64 bits per heavy atom. The quantitative estimate of drug-likeness (QED) is 0.684. The molecule has 4 nitrogen and oxygen atoms in total. The first-order valence-corrected chi connectivity index (χ1v) is 7.79. The molecular weight excluding hydrogens is 299 g/mol. The Bertz CT molecular complexity index is 770. The minimum absolute atomic E-state index is 0.121. The normalized spacial score (nSPS) is 12.3. The van der Waals surface area contributed by atoms with E-state index in [4.69, 9.17) is 0 Å². The summed E-state index contributed by atoms with van der Waals surface area (Å²) < 4.78 is 14.7. The smallest absolute Gasteiger partial charge is 0.207 e. The molecule has 0 unspecified atom stereocenters. The standard InChI is InChI=1S/C16H15FN4S/c1-11-4-3-5-15(10-11)21-16(18-19-20-21)22-12(2)13-6-8-14(17)9-7-13/h3-10,12H,1-2H3/t12-/m1/s1. The van der Waals surface area contributed by atoms with Gasteiger partial charge in [0.15, 0.2) is 0 Å². The summed E-state index contributed by atoms with van der Waals surface area (Å²) in [5, 5.41) is 12.8. The van der Waals surface area contributed by atoms with E-state index in [-0.39, 0.29) is 11.1 Å². The van der Waals surface area contributed by atoms with Crippen molar-refractivity contribution in [2.24, 2.45) is 0 Å². The number of tetrazole rings is 1. The first-order chi connectivity index (χ1) is 10.6. The van der Waals surface area contributed by atoms with Crippen molar-refractivity contribution in [3.8, 4) is 5.69 Å². The van der Waals surface area contributed by atoms with Crippen molar-refractivity contribution in [3.05, 3.63) is 65.5 Å². The Hall–Kier alpha value is -2.21. The van der Waals surface area contributed by atoms with Gasteiger partial charge in [-0.1, -0.05) is 36.0 Å². The van der Waals surface area contributed by atoms with Crippen LogP contribution in [0.5, 0.6) is 0 Å². The van der Waals surface area contributed by atoms with Gasteiger partial charge in [0, 0.05) is 5.25 Å². The maximum Gasteiger partial charge on any atom is 0.214 e. The average molecular weight is 314 g/mol. The number of benzene rings is 2. The van der Waals surface area contributed by atoms with Crippen LogP contribution in [0.15, 0.2) is 53.7 Å². The van der Waals surface area contributed by atoms with Gasteiger partial charge in [-0.25, -0.2) is 4.39 Å². The van der Waals surface area contributed by atoms with E-state index in [1.165, 1.54) is 12.1 Å². The van der Waals surface area contributed by atoms with Crippen molar-refractivity contribution in [2.75, 3.05) is 0 Å². The van der Waals surface area contributed by atoms with Crippen molar-refractivity contribution in [1.29, 1.82) is 0 Å². The van der Waals surface area contributed by atoms with Crippen LogP contribution in [0.25, 0.3) is 5.69 Å². The summed E-state index contributed by atoms with van der Waals surface area (Å²) in [4.78, 5) is 0. The third kappa shape index (κ3) is 3.17. The minimum atomic E-state index is -0.231. The second-order valence-corrected chi connectivity index (χ2v) is 6.33. The third-order valence-corrected chi connectivity index (χ3v) is 4.40. The van der Waals surface area contributed by atoms with Crippen molar-refractivity contribution in [3.63, 3.8) is 0 Å². The van der Waals surface area contributed by atoms with Crippen LogP contribution in [-0.2, 0) is 0 Å². The van der Waals surface area contributed by atoms with E-state index in [1.807, 2.05) is 38.1 Å². The molecule has 0 radical (unpaired) electrons. The zero-order valence-corrected chi connectivity index (χ0v) is 13.1. The van der Waals surface area contributed by atoms with E-state index in [0.29, 0.717) is 5.16 Å². The molecule has 0 aliphatic carbocycles. The Balaban J connectivity index is 1.84. The Kier molecular flexibility index (Phi) is 4.20. The summed E-state index contributed by atoms with van der Waals surface area (Å²) in [7, 11) is 0. The Morgan fingerprint density at radius 2 is 1.91 bits per heavy atom. The van der Waals surface area contributed by atoms with E-state index in [0.717, 1.165) is 16.8 Å². The highest BCUT2D eigenvalue weighted by Crippen LogP contribution is 2.34. The van der Waals surface area contributed by atoms with Gasteiger partial charge in [-0.3, -0.25) is 0 Å². The van der Waals surface area contributed by atoms with Gasteiger partial charge < -0.3 is 0 Å². The van der Waals surface area contributed by atoms with Crippen LogP contribution in [0, 0.1) is 12.7 Å². The number of hydrogen-bond acceptors (Lipinski definition) is 4. The molecule has 0 aliphatic rings. The second kappa shape index (κ2) is 6.27. The second-order valence-electron chi connectivity index (χ2n) is 5.02. The predicted octanol–water partition coefficient (Wildman–Crippen LogP) is 3.96. The lowest BCUT2D eigenvalue weighted by molar-refractivity contribution is 0.627. The maximum atomic E-state index is 13.0. The number of aryl methyl sites for hydroxylation is 1. The van der Waals surface area contributed by atoms with Crippen molar-refractivity contribution in [2.45, 2.75) is 24.3 Å². The van der Waals surface area contributed by atoms with E-state index in [1.54, 1.807) is 28.6 Å². The lowest BCUT2D eigenvalue weighted by Gasteiger charge is -2.11. The van der Waals surface area contributed by atoms with E-state index < -0.39 is 0 Å². The summed E-state index contributed by atoms with van der Waals surface area (Å²) in [5.41, 5.74) is 3.11.